The maximum Gasteiger partial charge on any atom is 0.586 e. The molecule has 0 unspecified atom stereocenters. The number of nitrogens with two attached hydrogens (primary N) is 1. The lowest BCUT2D eigenvalue weighted by Gasteiger charge is -2.27. The molecule has 4 rings (SSSR count). The van der Waals surface area contributed by atoms with E-state index in [1.54, 1.807) is 18.3 Å². The van der Waals surface area contributed by atoms with Crippen LogP contribution < -0.4 is 15.2 Å². The molecule has 2 N–H and O–H groups in total. The molecule has 0 bridgehead atoms. The van der Waals surface area contributed by atoms with Crippen molar-refractivity contribution >= 4 is 5.91 Å². The number of hydrogen-bond donors (Lipinski definition) is 1. The summed E-state index contributed by atoms with van der Waals surface area (Å²) >= 11 is 0. The van der Waals surface area contributed by atoms with Gasteiger partial charge in [0.25, 0.3) is 5.91 Å². The van der Waals surface area contributed by atoms with E-state index in [1.807, 2.05) is 0 Å². The third kappa shape index (κ3) is 3.10. The minimum Gasteiger partial charge on any atom is -0.395 e. The molecule has 0 saturated carbocycles. The number of rotatable bonds is 3. The molecule has 0 fully saturated rings. The van der Waals surface area contributed by atoms with E-state index in [4.69, 9.17) is 5.73 Å². The second-order valence-corrected chi connectivity index (χ2v) is 5.94. The van der Waals surface area contributed by atoms with E-state index in [1.165, 1.54) is 6.07 Å². The summed E-state index contributed by atoms with van der Waals surface area (Å²) in [6.07, 6.45) is -1.26. The summed E-state index contributed by atoms with van der Waals surface area (Å²) < 4.78 is 35.0. The molecular formula is C16H14F2N4O3. The number of hydrogen-bond acceptors (Lipinski definition) is 6. The minimum atomic E-state index is -3.62. The minimum absolute atomic E-state index is 0.00842. The van der Waals surface area contributed by atoms with E-state index in [2.05, 4.69) is 24.3 Å². The second-order valence-electron chi connectivity index (χ2n) is 5.94. The van der Waals surface area contributed by atoms with E-state index in [9.17, 15) is 13.6 Å². The topological polar surface area (TPSA) is 90.6 Å². The molecule has 9 heteroatoms. The number of carbonyl (C=O) groups excluding carboxylic acids is 1. The molecule has 2 aliphatic heterocycles. The van der Waals surface area contributed by atoms with Crippen molar-refractivity contribution in [1.29, 1.82) is 0 Å². The van der Waals surface area contributed by atoms with Gasteiger partial charge in [-0.25, -0.2) is 9.97 Å². The number of ether oxygens (including phenoxy) is 2. The smallest absolute Gasteiger partial charge is 0.395 e. The van der Waals surface area contributed by atoms with Gasteiger partial charge < -0.3 is 15.2 Å². The maximum absolute atomic E-state index is 13.1. The lowest BCUT2D eigenvalue weighted by atomic mass is 10.1. The molecule has 1 aromatic heterocycles. The van der Waals surface area contributed by atoms with Crippen LogP contribution in [0.5, 0.6) is 11.5 Å². The first-order chi connectivity index (χ1) is 11.9. The standard InChI is InChI=1S/C16H14F2N4O3/c17-16(18)24-12-2-1-9(5-13(12)25-16)7-22-4-3-10-6-20-15(14(19)23)21-11(10)8-22/h1-2,5-6H,3-4,7-8H2,(H2,19,23). The summed E-state index contributed by atoms with van der Waals surface area (Å²) in [6.45, 7) is 1.80. The van der Waals surface area contributed by atoms with Crippen molar-refractivity contribution in [2.75, 3.05) is 6.54 Å². The van der Waals surface area contributed by atoms with Crippen LogP contribution in [0.3, 0.4) is 0 Å². The molecule has 0 radical (unpaired) electrons. The zero-order chi connectivity index (χ0) is 17.6. The fraction of sp³-hybridized carbons (Fsp3) is 0.312. The zero-order valence-corrected chi connectivity index (χ0v) is 13.0. The fourth-order valence-corrected chi connectivity index (χ4v) is 2.96. The van der Waals surface area contributed by atoms with Crippen LogP contribution in [0, 0.1) is 0 Å². The van der Waals surface area contributed by atoms with Crippen LogP contribution in [0.25, 0.3) is 0 Å². The third-order valence-electron chi connectivity index (χ3n) is 4.12. The van der Waals surface area contributed by atoms with Crippen LogP contribution >= 0.6 is 0 Å². The van der Waals surface area contributed by atoms with Gasteiger partial charge in [0.15, 0.2) is 11.5 Å². The van der Waals surface area contributed by atoms with Gasteiger partial charge >= 0.3 is 6.29 Å². The SMILES string of the molecule is NC(=O)c1ncc2c(n1)CN(Cc1ccc3c(c1)OC(F)(F)O3)CC2. The van der Waals surface area contributed by atoms with Crippen LogP contribution in [0.2, 0.25) is 0 Å². The Hall–Kier alpha value is -2.81. The van der Waals surface area contributed by atoms with Gasteiger partial charge in [0.2, 0.25) is 5.82 Å². The number of fused-ring (bicyclic) bond motifs is 2. The molecule has 7 nitrogen and oxygen atoms in total. The van der Waals surface area contributed by atoms with Gasteiger partial charge in [0.05, 0.1) is 5.69 Å². The van der Waals surface area contributed by atoms with Crippen molar-refractivity contribution in [3.05, 3.63) is 47.0 Å². The largest absolute Gasteiger partial charge is 0.586 e. The molecule has 0 atom stereocenters. The first kappa shape index (κ1) is 15.7. The van der Waals surface area contributed by atoms with Crippen molar-refractivity contribution in [3.8, 4) is 11.5 Å². The Bertz CT molecular complexity index is 859. The number of carbonyl (C=O) groups is 1. The Kier molecular flexibility index (Phi) is 3.53. The van der Waals surface area contributed by atoms with E-state index >= 15 is 0 Å². The molecule has 0 aliphatic carbocycles. The Labute approximate surface area is 141 Å². The summed E-state index contributed by atoms with van der Waals surface area (Å²) in [5, 5.41) is 0. The Morgan fingerprint density at radius 3 is 2.92 bits per heavy atom. The molecular weight excluding hydrogens is 334 g/mol. The number of nitrogens with zero attached hydrogens (tertiary/aromatic N) is 3. The number of primary amides is 1. The molecule has 2 aromatic rings. The highest BCUT2D eigenvalue weighted by atomic mass is 19.3. The molecule has 0 spiro atoms. The molecule has 2 aliphatic rings. The normalized spacial score (nSPS) is 18.0. The predicted molar refractivity (Wildman–Crippen MR) is 81.0 cm³/mol. The molecule has 3 heterocycles. The first-order valence-electron chi connectivity index (χ1n) is 7.65. The number of halogens is 2. The fourth-order valence-electron chi connectivity index (χ4n) is 2.96. The zero-order valence-electron chi connectivity index (χ0n) is 13.0. The molecule has 130 valence electrons. The molecule has 1 aromatic carbocycles. The molecule has 25 heavy (non-hydrogen) atoms. The van der Waals surface area contributed by atoms with E-state index in [0.29, 0.717) is 13.1 Å². The van der Waals surface area contributed by atoms with Crippen molar-refractivity contribution in [2.45, 2.75) is 25.8 Å². The number of amides is 1. The van der Waals surface area contributed by atoms with Gasteiger partial charge in [0.1, 0.15) is 0 Å². The molecule has 0 saturated heterocycles. The van der Waals surface area contributed by atoms with Gasteiger partial charge in [-0.1, -0.05) is 6.07 Å². The quantitative estimate of drug-likeness (QED) is 0.903. The number of benzene rings is 1. The van der Waals surface area contributed by atoms with Gasteiger partial charge in [-0.3, -0.25) is 9.69 Å². The Morgan fingerprint density at radius 2 is 2.12 bits per heavy atom. The first-order valence-corrected chi connectivity index (χ1v) is 7.65. The lowest BCUT2D eigenvalue weighted by molar-refractivity contribution is -0.286. The highest BCUT2D eigenvalue weighted by molar-refractivity contribution is 5.88. The van der Waals surface area contributed by atoms with Crippen LogP contribution in [0.15, 0.2) is 24.4 Å². The second kappa shape index (κ2) is 5.62. The predicted octanol–water partition coefficient (Wildman–Crippen LogP) is 1.46. The van der Waals surface area contributed by atoms with E-state index in [0.717, 1.165) is 29.8 Å². The average molecular weight is 348 g/mol. The number of alkyl halides is 2. The lowest BCUT2D eigenvalue weighted by Crippen LogP contribution is -2.32. The van der Waals surface area contributed by atoms with Crippen LogP contribution in [0.1, 0.15) is 27.4 Å². The van der Waals surface area contributed by atoms with Crippen molar-refractivity contribution in [1.82, 2.24) is 14.9 Å². The van der Waals surface area contributed by atoms with Gasteiger partial charge in [-0.15, -0.1) is 8.78 Å². The van der Waals surface area contributed by atoms with Crippen molar-refractivity contribution in [3.63, 3.8) is 0 Å². The van der Waals surface area contributed by atoms with Crippen LogP contribution in [-0.2, 0) is 19.5 Å². The van der Waals surface area contributed by atoms with Crippen molar-refractivity contribution in [2.24, 2.45) is 5.73 Å². The molecule has 1 amide bonds. The van der Waals surface area contributed by atoms with E-state index in [-0.39, 0.29) is 17.3 Å². The van der Waals surface area contributed by atoms with E-state index < -0.39 is 12.2 Å². The summed E-state index contributed by atoms with van der Waals surface area (Å²) in [7, 11) is 0. The maximum atomic E-state index is 13.1. The van der Waals surface area contributed by atoms with Gasteiger partial charge in [-0.2, -0.15) is 0 Å². The van der Waals surface area contributed by atoms with Crippen molar-refractivity contribution < 1.29 is 23.0 Å². The van der Waals surface area contributed by atoms with Gasteiger partial charge in [-0.05, 0) is 29.7 Å². The average Bonchev–Trinajstić information content (AvgIpc) is 2.87. The van der Waals surface area contributed by atoms with Gasteiger partial charge in [0, 0.05) is 25.8 Å². The number of aromatic nitrogens is 2. The monoisotopic (exact) mass is 348 g/mol. The Morgan fingerprint density at radius 1 is 1.32 bits per heavy atom. The summed E-state index contributed by atoms with van der Waals surface area (Å²) in [4.78, 5) is 21.5. The third-order valence-corrected chi connectivity index (χ3v) is 4.12. The summed E-state index contributed by atoms with van der Waals surface area (Å²) in [5.41, 5.74) is 7.76. The van der Waals surface area contributed by atoms with Crippen LogP contribution in [-0.4, -0.2) is 33.6 Å². The Balaban J connectivity index is 1.50. The highest BCUT2D eigenvalue weighted by Gasteiger charge is 2.43. The van der Waals surface area contributed by atoms with Crippen LogP contribution in [0.4, 0.5) is 8.78 Å². The highest BCUT2D eigenvalue weighted by Crippen LogP contribution is 2.41. The summed E-state index contributed by atoms with van der Waals surface area (Å²) in [5.74, 6) is -0.627. The summed E-state index contributed by atoms with van der Waals surface area (Å²) in [6, 6.07) is 4.73.